The minimum atomic E-state index is 0.773. The van der Waals surface area contributed by atoms with E-state index in [2.05, 4.69) is 22.2 Å². The Hall–Kier alpha value is -1.31. The molecule has 0 amide bonds. The van der Waals surface area contributed by atoms with E-state index in [9.17, 15) is 0 Å². The molecule has 1 aliphatic carbocycles. The number of rotatable bonds is 1. The monoisotopic (exact) mass is 200 g/mol. The Bertz CT molecular complexity index is 452. The third-order valence-electron chi connectivity index (χ3n) is 3.56. The van der Waals surface area contributed by atoms with Crippen molar-refractivity contribution in [1.82, 2.24) is 9.97 Å². The van der Waals surface area contributed by atoms with Crippen LogP contribution < -0.4 is 0 Å². The summed E-state index contributed by atoms with van der Waals surface area (Å²) in [6, 6.07) is 2.13. The van der Waals surface area contributed by atoms with Gasteiger partial charge in [-0.15, -0.1) is 0 Å². The highest BCUT2D eigenvalue weighted by Crippen LogP contribution is 2.35. The fourth-order valence-corrected chi connectivity index (χ4v) is 2.75. The van der Waals surface area contributed by atoms with Crippen molar-refractivity contribution in [3.05, 3.63) is 30.2 Å². The molecule has 1 aliphatic rings. The van der Waals surface area contributed by atoms with Crippen LogP contribution in [0.4, 0.5) is 0 Å². The van der Waals surface area contributed by atoms with Crippen molar-refractivity contribution in [2.45, 2.75) is 38.0 Å². The molecule has 0 bridgehead atoms. The summed E-state index contributed by atoms with van der Waals surface area (Å²) in [5.74, 6) is 0.773. The van der Waals surface area contributed by atoms with Gasteiger partial charge in [-0.1, -0.05) is 19.3 Å². The first-order valence-corrected chi connectivity index (χ1v) is 5.86. The van der Waals surface area contributed by atoms with Crippen molar-refractivity contribution in [2.75, 3.05) is 0 Å². The number of pyridine rings is 1. The standard InChI is InChI=1S/C13H16N2/c1-2-4-10(5-3-1)12-8-15-13-9-14-7-6-11(12)13/h6-10,15H,1-5H2. The number of hydrogen-bond acceptors (Lipinski definition) is 1. The summed E-state index contributed by atoms with van der Waals surface area (Å²) in [6.07, 6.45) is 12.9. The zero-order chi connectivity index (χ0) is 10.1. The van der Waals surface area contributed by atoms with Crippen molar-refractivity contribution in [1.29, 1.82) is 0 Å². The van der Waals surface area contributed by atoms with Gasteiger partial charge < -0.3 is 4.98 Å². The number of aromatic amines is 1. The zero-order valence-corrected chi connectivity index (χ0v) is 8.87. The van der Waals surface area contributed by atoms with Gasteiger partial charge in [0.1, 0.15) is 0 Å². The molecule has 0 aromatic carbocycles. The van der Waals surface area contributed by atoms with Gasteiger partial charge in [0.05, 0.1) is 11.7 Å². The van der Waals surface area contributed by atoms with Crippen LogP contribution in [0.25, 0.3) is 10.9 Å². The summed E-state index contributed by atoms with van der Waals surface area (Å²) in [5, 5.41) is 1.37. The fraction of sp³-hybridized carbons (Fsp3) is 0.462. The molecule has 0 radical (unpaired) electrons. The second-order valence-electron chi connectivity index (χ2n) is 4.50. The van der Waals surface area contributed by atoms with Crippen LogP contribution in [-0.2, 0) is 0 Å². The average molecular weight is 200 g/mol. The fourth-order valence-electron chi connectivity index (χ4n) is 2.75. The van der Waals surface area contributed by atoms with Crippen LogP contribution in [0.3, 0.4) is 0 Å². The Kier molecular flexibility index (Phi) is 2.20. The first-order chi connectivity index (χ1) is 7.45. The normalized spacial score (nSPS) is 18.4. The highest BCUT2D eigenvalue weighted by molar-refractivity contribution is 5.82. The number of H-pyrrole nitrogens is 1. The van der Waals surface area contributed by atoms with Crippen LogP contribution in [0.2, 0.25) is 0 Å². The predicted molar refractivity (Wildman–Crippen MR) is 61.9 cm³/mol. The van der Waals surface area contributed by atoms with Crippen LogP contribution in [0.1, 0.15) is 43.6 Å². The van der Waals surface area contributed by atoms with Crippen LogP contribution >= 0.6 is 0 Å². The van der Waals surface area contributed by atoms with E-state index < -0.39 is 0 Å². The summed E-state index contributed by atoms with van der Waals surface area (Å²) in [5.41, 5.74) is 2.69. The van der Waals surface area contributed by atoms with Crippen LogP contribution in [-0.4, -0.2) is 9.97 Å². The largest absolute Gasteiger partial charge is 0.360 e. The molecule has 2 aromatic heterocycles. The predicted octanol–water partition coefficient (Wildman–Crippen LogP) is 3.61. The summed E-state index contributed by atoms with van der Waals surface area (Å²) in [6.45, 7) is 0. The van der Waals surface area contributed by atoms with Crippen molar-refractivity contribution < 1.29 is 0 Å². The van der Waals surface area contributed by atoms with Crippen molar-refractivity contribution in [3.63, 3.8) is 0 Å². The van der Waals surface area contributed by atoms with E-state index in [0.29, 0.717) is 0 Å². The van der Waals surface area contributed by atoms with Crippen molar-refractivity contribution >= 4 is 10.9 Å². The number of hydrogen-bond donors (Lipinski definition) is 1. The van der Waals surface area contributed by atoms with Gasteiger partial charge in [0.25, 0.3) is 0 Å². The highest BCUT2D eigenvalue weighted by Gasteiger charge is 2.18. The highest BCUT2D eigenvalue weighted by atomic mass is 14.7. The number of fused-ring (bicyclic) bond motifs is 1. The van der Waals surface area contributed by atoms with Gasteiger partial charge in [-0.2, -0.15) is 0 Å². The first kappa shape index (κ1) is 8.96. The molecular formula is C13H16N2. The van der Waals surface area contributed by atoms with Crippen LogP contribution in [0.5, 0.6) is 0 Å². The second-order valence-corrected chi connectivity index (χ2v) is 4.50. The van der Waals surface area contributed by atoms with E-state index in [1.165, 1.54) is 48.6 Å². The lowest BCUT2D eigenvalue weighted by Crippen LogP contribution is -2.03. The van der Waals surface area contributed by atoms with E-state index in [4.69, 9.17) is 0 Å². The summed E-state index contributed by atoms with van der Waals surface area (Å²) in [7, 11) is 0. The summed E-state index contributed by atoms with van der Waals surface area (Å²) < 4.78 is 0. The van der Waals surface area contributed by atoms with E-state index in [-0.39, 0.29) is 0 Å². The Labute approximate surface area is 89.7 Å². The Balaban J connectivity index is 2.02. The number of aromatic nitrogens is 2. The van der Waals surface area contributed by atoms with Gasteiger partial charge in [-0.3, -0.25) is 4.98 Å². The minimum absolute atomic E-state index is 0.773. The molecule has 2 heterocycles. The van der Waals surface area contributed by atoms with Gasteiger partial charge in [0.15, 0.2) is 0 Å². The van der Waals surface area contributed by atoms with E-state index in [1.807, 2.05) is 12.4 Å². The molecule has 1 fully saturated rings. The molecular weight excluding hydrogens is 184 g/mol. The molecule has 0 spiro atoms. The van der Waals surface area contributed by atoms with Gasteiger partial charge in [0, 0.05) is 17.8 Å². The van der Waals surface area contributed by atoms with Gasteiger partial charge in [-0.25, -0.2) is 0 Å². The molecule has 2 heteroatoms. The second kappa shape index (κ2) is 3.69. The topological polar surface area (TPSA) is 28.7 Å². The molecule has 2 aromatic rings. The zero-order valence-electron chi connectivity index (χ0n) is 8.87. The van der Waals surface area contributed by atoms with Gasteiger partial charge in [0.2, 0.25) is 0 Å². The van der Waals surface area contributed by atoms with Crippen molar-refractivity contribution in [2.24, 2.45) is 0 Å². The SMILES string of the molecule is c1cc2c(C3CCCCC3)c[nH]c2cn1. The molecule has 78 valence electrons. The maximum atomic E-state index is 4.14. The third kappa shape index (κ3) is 1.54. The van der Waals surface area contributed by atoms with Crippen molar-refractivity contribution in [3.8, 4) is 0 Å². The van der Waals surface area contributed by atoms with E-state index in [0.717, 1.165) is 5.92 Å². The average Bonchev–Trinajstić information content (AvgIpc) is 2.74. The van der Waals surface area contributed by atoms with Crippen LogP contribution in [0, 0.1) is 0 Å². The summed E-state index contributed by atoms with van der Waals surface area (Å²) in [4.78, 5) is 7.46. The smallest absolute Gasteiger partial charge is 0.0643 e. The Morgan fingerprint density at radius 1 is 1.20 bits per heavy atom. The number of nitrogens with zero attached hydrogens (tertiary/aromatic N) is 1. The van der Waals surface area contributed by atoms with Gasteiger partial charge >= 0.3 is 0 Å². The van der Waals surface area contributed by atoms with Gasteiger partial charge in [-0.05, 0) is 30.4 Å². The molecule has 1 N–H and O–H groups in total. The Morgan fingerprint density at radius 2 is 2.07 bits per heavy atom. The lowest BCUT2D eigenvalue weighted by molar-refractivity contribution is 0.445. The molecule has 2 nitrogen and oxygen atoms in total. The van der Waals surface area contributed by atoms with Crippen LogP contribution in [0.15, 0.2) is 24.7 Å². The maximum absolute atomic E-state index is 4.14. The summed E-state index contributed by atoms with van der Waals surface area (Å²) >= 11 is 0. The molecule has 0 saturated heterocycles. The first-order valence-electron chi connectivity index (χ1n) is 5.86. The Morgan fingerprint density at radius 3 is 2.93 bits per heavy atom. The molecule has 15 heavy (non-hydrogen) atoms. The molecule has 0 unspecified atom stereocenters. The maximum Gasteiger partial charge on any atom is 0.0643 e. The van der Waals surface area contributed by atoms with E-state index >= 15 is 0 Å². The third-order valence-corrected chi connectivity index (χ3v) is 3.56. The lowest BCUT2D eigenvalue weighted by Gasteiger charge is -2.20. The van der Waals surface area contributed by atoms with E-state index in [1.54, 1.807) is 0 Å². The molecule has 1 saturated carbocycles. The lowest BCUT2D eigenvalue weighted by atomic mass is 9.84. The minimum Gasteiger partial charge on any atom is -0.360 e. The molecule has 0 atom stereocenters. The quantitative estimate of drug-likeness (QED) is 0.748. The molecule has 0 aliphatic heterocycles. The molecule has 3 rings (SSSR count). The number of nitrogens with one attached hydrogen (secondary N) is 1.